The number of methoxy groups -OCH3 is 1. The maximum Gasteiger partial charge on any atom is 0.0982 e. The highest BCUT2D eigenvalue weighted by atomic mass is 35.5. The second-order valence-corrected chi connectivity index (χ2v) is 2.66. The van der Waals surface area contributed by atoms with Crippen LogP contribution in [0.25, 0.3) is 0 Å². The molecule has 0 saturated heterocycles. The summed E-state index contributed by atoms with van der Waals surface area (Å²) in [4.78, 5) is 4.10. The predicted octanol–water partition coefficient (Wildman–Crippen LogP) is -1.22. The SMILES string of the molecule is COCSc1ccccn1.[Cl-]. The van der Waals surface area contributed by atoms with Gasteiger partial charge in [-0.25, -0.2) is 4.98 Å². The van der Waals surface area contributed by atoms with E-state index >= 15 is 0 Å². The Hall–Kier alpha value is -0.250. The Morgan fingerprint density at radius 1 is 1.55 bits per heavy atom. The zero-order chi connectivity index (χ0) is 7.23. The molecule has 0 unspecified atom stereocenters. The first-order valence-electron chi connectivity index (χ1n) is 2.96. The fourth-order valence-electron chi connectivity index (χ4n) is 0.552. The van der Waals surface area contributed by atoms with Gasteiger partial charge in [-0.2, -0.15) is 0 Å². The molecule has 1 rings (SSSR count). The van der Waals surface area contributed by atoms with E-state index in [1.54, 1.807) is 25.1 Å². The second kappa shape index (κ2) is 6.46. The van der Waals surface area contributed by atoms with Crippen LogP contribution in [0, 0.1) is 0 Å². The average molecular weight is 191 g/mol. The van der Waals surface area contributed by atoms with Crippen LogP contribution in [0.4, 0.5) is 0 Å². The lowest BCUT2D eigenvalue weighted by atomic mass is 10.5. The molecule has 0 radical (unpaired) electrons. The molecule has 0 bridgehead atoms. The van der Waals surface area contributed by atoms with Crippen molar-refractivity contribution in [2.75, 3.05) is 13.0 Å². The van der Waals surface area contributed by atoms with Gasteiger partial charge in [0.25, 0.3) is 0 Å². The van der Waals surface area contributed by atoms with Crippen molar-refractivity contribution in [3.05, 3.63) is 24.4 Å². The summed E-state index contributed by atoms with van der Waals surface area (Å²) < 4.78 is 4.87. The molecule has 0 saturated carbocycles. The standard InChI is InChI=1S/C7H9NOS.ClH/c1-9-6-10-7-4-2-3-5-8-7;/h2-5H,6H2,1H3;1H/p-1. The minimum Gasteiger partial charge on any atom is -1.00 e. The quantitative estimate of drug-likeness (QED) is 0.441. The second-order valence-electron chi connectivity index (χ2n) is 1.72. The van der Waals surface area contributed by atoms with Crippen molar-refractivity contribution in [2.45, 2.75) is 5.03 Å². The third-order valence-corrected chi connectivity index (χ3v) is 1.85. The third-order valence-electron chi connectivity index (χ3n) is 0.962. The first-order valence-corrected chi connectivity index (χ1v) is 3.95. The van der Waals surface area contributed by atoms with Gasteiger partial charge in [0.2, 0.25) is 0 Å². The molecule has 1 aromatic heterocycles. The molecule has 1 heterocycles. The topological polar surface area (TPSA) is 22.1 Å². The maximum absolute atomic E-state index is 4.87. The highest BCUT2D eigenvalue weighted by Gasteiger charge is 1.89. The fourth-order valence-corrected chi connectivity index (χ4v) is 1.10. The number of halogens is 1. The van der Waals surface area contributed by atoms with Gasteiger partial charge in [-0.1, -0.05) is 17.8 Å². The summed E-state index contributed by atoms with van der Waals surface area (Å²) in [6.45, 7) is 0. The number of hydrogen-bond donors (Lipinski definition) is 0. The van der Waals surface area contributed by atoms with Crippen molar-refractivity contribution in [1.82, 2.24) is 4.98 Å². The normalized spacial score (nSPS) is 8.82. The minimum atomic E-state index is 0. The van der Waals surface area contributed by atoms with Crippen LogP contribution in [0.5, 0.6) is 0 Å². The molecular formula is C7H9ClNOS-. The van der Waals surface area contributed by atoms with Gasteiger partial charge in [0.05, 0.1) is 11.0 Å². The number of hydrogen-bond acceptors (Lipinski definition) is 3. The summed E-state index contributed by atoms with van der Waals surface area (Å²) in [6.07, 6.45) is 1.78. The van der Waals surface area contributed by atoms with Crippen LogP contribution in [0.15, 0.2) is 29.4 Å². The van der Waals surface area contributed by atoms with Crippen LogP contribution in [0.3, 0.4) is 0 Å². The van der Waals surface area contributed by atoms with E-state index in [-0.39, 0.29) is 12.4 Å². The molecule has 0 atom stereocenters. The van der Waals surface area contributed by atoms with Crippen LogP contribution < -0.4 is 12.4 Å². The summed E-state index contributed by atoms with van der Waals surface area (Å²) in [7, 11) is 1.68. The third kappa shape index (κ3) is 4.24. The van der Waals surface area contributed by atoms with Crippen molar-refractivity contribution < 1.29 is 17.1 Å². The average Bonchev–Trinajstić information content (AvgIpc) is 2.03. The molecule has 0 spiro atoms. The molecular weight excluding hydrogens is 182 g/mol. The largest absolute Gasteiger partial charge is 1.00 e. The number of ether oxygens (including phenoxy) is 1. The molecule has 2 nitrogen and oxygen atoms in total. The summed E-state index contributed by atoms with van der Waals surface area (Å²) >= 11 is 1.59. The molecule has 0 aromatic carbocycles. The smallest absolute Gasteiger partial charge is 0.0982 e. The Morgan fingerprint density at radius 3 is 2.91 bits per heavy atom. The van der Waals surface area contributed by atoms with Crippen LogP contribution in [0.1, 0.15) is 0 Å². The maximum atomic E-state index is 4.87. The van der Waals surface area contributed by atoms with E-state index in [1.807, 2.05) is 18.2 Å². The van der Waals surface area contributed by atoms with Crippen LogP contribution in [-0.4, -0.2) is 18.0 Å². The van der Waals surface area contributed by atoms with Crippen molar-refractivity contribution in [3.63, 3.8) is 0 Å². The van der Waals surface area contributed by atoms with Gasteiger partial charge in [0.15, 0.2) is 0 Å². The molecule has 0 aliphatic rings. The van der Waals surface area contributed by atoms with Crippen molar-refractivity contribution >= 4 is 11.8 Å². The molecule has 1 aromatic rings. The first-order chi connectivity index (χ1) is 4.93. The van der Waals surface area contributed by atoms with Gasteiger partial charge in [-0.05, 0) is 12.1 Å². The zero-order valence-corrected chi connectivity index (χ0v) is 7.73. The summed E-state index contributed by atoms with van der Waals surface area (Å²) in [6, 6.07) is 5.82. The van der Waals surface area contributed by atoms with E-state index in [4.69, 9.17) is 4.74 Å². The summed E-state index contributed by atoms with van der Waals surface area (Å²) in [5, 5.41) is 1.00. The van der Waals surface area contributed by atoms with E-state index in [0.717, 1.165) is 5.03 Å². The lowest BCUT2D eigenvalue weighted by Gasteiger charge is -1.96. The van der Waals surface area contributed by atoms with E-state index in [2.05, 4.69) is 4.98 Å². The molecule has 0 aliphatic heterocycles. The molecule has 11 heavy (non-hydrogen) atoms. The van der Waals surface area contributed by atoms with Crippen molar-refractivity contribution in [1.29, 1.82) is 0 Å². The zero-order valence-electron chi connectivity index (χ0n) is 6.16. The van der Waals surface area contributed by atoms with E-state index < -0.39 is 0 Å². The molecule has 4 heteroatoms. The minimum absolute atomic E-state index is 0. The summed E-state index contributed by atoms with van der Waals surface area (Å²) in [5.41, 5.74) is 0. The Bertz CT molecular complexity index is 183. The monoisotopic (exact) mass is 190 g/mol. The fraction of sp³-hybridized carbons (Fsp3) is 0.286. The van der Waals surface area contributed by atoms with Gasteiger partial charge in [0.1, 0.15) is 0 Å². The highest BCUT2D eigenvalue weighted by molar-refractivity contribution is 7.99. The molecule has 0 fully saturated rings. The number of pyridine rings is 1. The van der Waals surface area contributed by atoms with Crippen molar-refractivity contribution in [3.8, 4) is 0 Å². The van der Waals surface area contributed by atoms with Gasteiger partial charge >= 0.3 is 0 Å². The van der Waals surface area contributed by atoms with Gasteiger partial charge in [0, 0.05) is 13.3 Å². The Kier molecular flexibility index (Phi) is 6.31. The Morgan fingerprint density at radius 2 is 2.36 bits per heavy atom. The number of aromatic nitrogens is 1. The van der Waals surface area contributed by atoms with E-state index in [0.29, 0.717) is 5.94 Å². The van der Waals surface area contributed by atoms with E-state index in [9.17, 15) is 0 Å². The van der Waals surface area contributed by atoms with Gasteiger partial charge in [-0.3, -0.25) is 0 Å². The van der Waals surface area contributed by atoms with E-state index in [1.165, 1.54) is 0 Å². The highest BCUT2D eigenvalue weighted by Crippen LogP contribution is 2.12. The first kappa shape index (κ1) is 10.8. The molecule has 0 N–H and O–H groups in total. The molecule has 62 valence electrons. The molecule has 0 amide bonds. The van der Waals surface area contributed by atoms with Crippen LogP contribution >= 0.6 is 11.8 Å². The Labute approximate surface area is 76.8 Å². The van der Waals surface area contributed by atoms with Crippen LogP contribution in [0.2, 0.25) is 0 Å². The molecule has 0 aliphatic carbocycles. The number of thioether (sulfide) groups is 1. The van der Waals surface area contributed by atoms with Gasteiger partial charge in [-0.15, -0.1) is 0 Å². The van der Waals surface area contributed by atoms with Crippen LogP contribution in [-0.2, 0) is 4.74 Å². The number of rotatable bonds is 3. The Balaban J connectivity index is 0.000001000. The summed E-state index contributed by atoms with van der Waals surface area (Å²) in [5.74, 6) is 0.664. The number of nitrogens with zero attached hydrogens (tertiary/aromatic N) is 1. The van der Waals surface area contributed by atoms with Crippen molar-refractivity contribution in [2.24, 2.45) is 0 Å². The lowest BCUT2D eigenvalue weighted by Crippen LogP contribution is -3.00. The predicted molar refractivity (Wildman–Crippen MR) is 42.0 cm³/mol. The lowest BCUT2D eigenvalue weighted by molar-refractivity contribution is -0.00000231. The van der Waals surface area contributed by atoms with Gasteiger partial charge < -0.3 is 17.1 Å².